The number of carbonyl (C=O) groups is 1. The maximum atomic E-state index is 12.6. The Morgan fingerprint density at radius 1 is 1.00 bits per heavy atom. The normalized spacial score (nSPS) is 11.1. The Labute approximate surface area is 248 Å². The van der Waals surface area contributed by atoms with Gasteiger partial charge in [-0.3, -0.25) is 14.5 Å². The monoisotopic (exact) mass is 583 g/mol. The van der Waals surface area contributed by atoms with Crippen LogP contribution in [0.4, 0.5) is 5.69 Å². The summed E-state index contributed by atoms with van der Waals surface area (Å²) in [5.74, 6) is 1.76. The van der Waals surface area contributed by atoms with Crippen molar-refractivity contribution in [2.24, 2.45) is 0 Å². The molecule has 0 radical (unpaired) electrons. The molecule has 10 heteroatoms. The Kier molecular flexibility index (Phi) is 9.30. The number of carbonyl (C=O) groups excluding carboxylic acids is 1. The Hall–Kier alpha value is -4.89. The molecule has 214 valence electrons. The number of pyridine rings is 1. The van der Waals surface area contributed by atoms with Gasteiger partial charge in [-0.25, -0.2) is 0 Å². The predicted molar refractivity (Wildman–Crippen MR) is 164 cm³/mol. The molecule has 0 saturated carbocycles. The molecule has 0 aliphatic carbocycles. The van der Waals surface area contributed by atoms with Crippen LogP contribution in [0, 0.1) is 0 Å². The van der Waals surface area contributed by atoms with Crippen LogP contribution in [-0.4, -0.2) is 46.5 Å². The van der Waals surface area contributed by atoms with Gasteiger partial charge in [0.1, 0.15) is 18.1 Å². The summed E-state index contributed by atoms with van der Waals surface area (Å²) in [6.07, 6.45) is 7.78. The second-order valence-electron chi connectivity index (χ2n) is 9.40. The molecule has 1 N–H and O–H groups in total. The number of fused-ring (bicyclic) bond motifs is 1. The SMILES string of the molecule is COc1ccc(/C=C/C(=O)c2ccc(OCc3cn(CCCNc4ccnc5cc(Cl)ccc45)nn3)cc2)cc1OC. The lowest BCUT2D eigenvalue weighted by Crippen LogP contribution is -2.07. The number of aromatic nitrogens is 4. The molecule has 0 saturated heterocycles. The van der Waals surface area contributed by atoms with Gasteiger partial charge in [0, 0.05) is 40.9 Å². The fourth-order valence-electron chi connectivity index (χ4n) is 4.35. The molecule has 0 aliphatic rings. The second kappa shape index (κ2) is 13.6. The number of hydrogen-bond acceptors (Lipinski definition) is 8. The van der Waals surface area contributed by atoms with Crippen LogP contribution in [0.2, 0.25) is 5.02 Å². The van der Waals surface area contributed by atoms with Gasteiger partial charge in [0.15, 0.2) is 17.3 Å². The number of rotatable bonds is 13. The summed E-state index contributed by atoms with van der Waals surface area (Å²) in [6.45, 7) is 1.75. The highest BCUT2D eigenvalue weighted by Crippen LogP contribution is 2.28. The van der Waals surface area contributed by atoms with Gasteiger partial charge in [0.25, 0.3) is 0 Å². The number of benzene rings is 3. The molecule has 3 aromatic carbocycles. The molecule has 5 rings (SSSR count). The zero-order valence-corrected chi connectivity index (χ0v) is 24.0. The lowest BCUT2D eigenvalue weighted by atomic mass is 10.1. The van der Waals surface area contributed by atoms with Gasteiger partial charge in [-0.1, -0.05) is 29.0 Å². The fraction of sp³-hybridized carbons (Fsp3) is 0.188. The van der Waals surface area contributed by atoms with Crippen molar-refractivity contribution in [1.29, 1.82) is 0 Å². The van der Waals surface area contributed by atoms with Crippen LogP contribution >= 0.6 is 11.6 Å². The third-order valence-corrected chi connectivity index (χ3v) is 6.77. The van der Waals surface area contributed by atoms with Gasteiger partial charge < -0.3 is 19.5 Å². The van der Waals surface area contributed by atoms with Gasteiger partial charge >= 0.3 is 0 Å². The molecule has 0 unspecified atom stereocenters. The van der Waals surface area contributed by atoms with Crippen LogP contribution in [0.5, 0.6) is 17.2 Å². The number of methoxy groups -OCH3 is 2. The quantitative estimate of drug-likeness (QED) is 0.0955. The highest BCUT2D eigenvalue weighted by atomic mass is 35.5. The zero-order chi connectivity index (χ0) is 29.3. The molecule has 0 bridgehead atoms. The minimum Gasteiger partial charge on any atom is -0.493 e. The van der Waals surface area contributed by atoms with Crippen LogP contribution in [0.15, 0.2) is 85.2 Å². The van der Waals surface area contributed by atoms with E-state index in [2.05, 4.69) is 20.6 Å². The van der Waals surface area contributed by atoms with Crippen molar-refractivity contribution in [3.05, 3.63) is 107 Å². The maximum absolute atomic E-state index is 12.6. The molecule has 9 nitrogen and oxygen atoms in total. The average Bonchev–Trinajstić information content (AvgIpc) is 3.48. The molecule has 0 aliphatic heterocycles. The first kappa shape index (κ1) is 28.6. The predicted octanol–water partition coefficient (Wildman–Crippen LogP) is 6.47. The third kappa shape index (κ3) is 7.24. The molecule has 2 heterocycles. The summed E-state index contributed by atoms with van der Waals surface area (Å²) in [7, 11) is 3.16. The van der Waals surface area contributed by atoms with Gasteiger partial charge in [0.2, 0.25) is 0 Å². The number of allylic oxidation sites excluding steroid dienone is 1. The van der Waals surface area contributed by atoms with Crippen LogP contribution in [-0.2, 0) is 13.2 Å². The fourth-order valence-corrected chi connectivity index (χ4v) is 4.52. The standard InChI is InChI=1S/C32H30ClN5O4/c1-40-31-13-5-22(18-32(31)41-2)4-12-30(39)23-6-9-26(10-7-23)42-21-25-20-38(37-36-25)17-3-15-34-28-14-16-35-29-19-24(33)8-11-27(28)29/h4-14,16,18-20H,3,15,17,21H2,1-2H3,(H,34,35)/b12-4+. The lowest BCUT2D eigenvalue weighted by Gasteiger charge is -2.09. The van der Waals surface area contributed by atoms with E-state index < -0.39 is 0 Å². The Morgan fingerprint density at radius 2 is 1.83 bits per heavy atom. The molecule has 42 heavy (non-hydrogen) atoms. The minimum atomic E-state index is -0.115. The van der Waals surface area contributed by atoms with Gasteiger partial charge in [0.05, 0.1) is 25.9 Å². The van der Waals surface area contributed by atoms with E-state index >= 15 is 0 Å². The minimum absolute atomic E-state index is 0.115. The first-order chi connectivity index (χ1) is 20.5. The van der Waals surface area contributed by atoms with E-state index in [1.165, 1.54) is 6.08 Å². The maximum Gasteiger partial charge on any atom is 0.185 e. The van der Waals surface area contributed by atoms with E-state index in [4.69, 9.17) is 25.8 Å². The van der Waals surface area contributed by atoms with Gasteiger partial charge in [-0.15, -0.1) is 5.10 Å². The van der Waals surface area contributed by atoms with Crippen molar-refractivity contribution >= 4 is 40.1 Å². The van der Waals surface area contributed by atoms with Crippen molar-refractivity contribution in [2.45, 2.75) is 19.6 Å². The summed E-state index contributed by atoms with van der Waals surface area (Å²) in [4.78, 5) is 17.0. The van der Waals surface area contributed by atoms with Crippen LogP contribution in [0.25, 0.3) is 17.0 Å². The molecule has 0 spiro atoms. The summed E-state index contributed by atoms with van der Waals surface area (Å²) in [5.41, 5.74) is 3.99. The van der Waals surface area contributed by atoms with Crippen molar-refractivity contribution in [3.63, 3.8) is 0 Å². The number of aryl methyl sites for hydroxylation is 1. The van der Waals surface area contributed by atoms with E-state index in [1.54, 1.807) is 61.5 Å². The van der Waals surface area contributed by atoms with E-state index in [1.807, 2.05) is 42.6 Å². The van der Waals surface area contributed by atoms with E-state index in [9.17, 15) is 4.79 Å². The van der Waals surface area contributed by atoms with Crippen LogP contribution in [0.3, 0.4) is 0 Å². The third-order valence-electron chi connectivity index (χ3n) is 6.53. The van der Waals surface area contributed by atoms with Gasteiger partial charge in [-0.2, -0.15) is 0 Å². The van der Waals surface area contributed by atoms with Crippen LogP contribution in [0.1, 0.15) is 28.0 Å². The highest BCUT2D eigenvalue weighted by molar-refractivity contribution is 6.31. The van der Waals surface area contributed by atoms with Crippen molar-refractivity contribution in [3.8, 4) is 17.2 Å². The first-order valence-electron chi connectivity index (χ1n) is 13.4. The molecule has 5 aromatic rings. The number of hydrogen-bond donors (Lipinski definition) is 1. The zero-order valence-electron chi connectivity index (χ0n) is 23.3. The molecular weight excluding hydrogens is 554 g/mol. The molecule has 0 amide bonds. The Bertz CT molecular complexity index is 1700. The lowest BCUT2D eigenvalue weighted by molar-refractivity contribution is 0.104. The molecular formula is C32H30ClN5O4. The van der Waals surface area contributed by atoms with Crippen molar-refractivity contribution in [2.75, 3.05) is 26.1 Å². The number of nitrogens with zero attached hydrogens (tertiary/aromatic N) is 4. The van der Waals surface area contributed by atoms with Crippen LogP contribution < -0.4 is 19.5 Å². The number of anilines is 1. The van der Waals surface area contributed by atoms with E-state index in [0.29, 0.717) is 34.4 Å². The van der Waals surface area contributed by atoms with Crippen molar-refractivity contribution in [1.82, 2.24) is 20.0 Å². The number of ether oxygens (including phenoxy) is 3. The average molecular weight is 584 g/mol. The molecule has 0 atom stereocenters. The topological polar surface area (TPSA) is 100 Å². The molecule has 2 aromatic heterocycles. The second-order valence-corrected chi connectivity index (χ2v) is 9.83. The summed E-state index contributed by atoms with van der Waals surface area (Å²) >= 11 is 6.08. The number of nitrogens with one attached hydrogen (secondary N) is 1. The summed E-state index contributed by atoms with van der Waals surface area (Å²) in [6, 6.07) is 20.1. The van der Waals surface area contributed by atoms with Crippen molar-refractivity contribution < 1.29 is 19.0 Å². The van der Waals surface area contributed by atoms with E-state index in [0.717, 1.165) is 40.8 Å². The summed E-state index contributed by atoms with van der Waals surface area (Å²) < 4.78 is 18.2. The summed E-state index contributed by atoms with van der Waals surface area (Å²) in [5, 5.41) is 13.6. The van der Waals surface area contributed by atoms with E-state index in [-0.39, 0.29) is 12.4 Å². The largest absolute Gasteiger partial charge is 0.493 e. The Balaban J connectivity index is 1.07. The van der Waals surface area contributed by atoms with Gasteiger partial charge in [-0.05, 0) is 78.7 Å². The number of halogens is 1. The smallest absolute Gasteiger partial charge is 0.185 e. The highest BCUT2D eigenvalue weighted by Gasteiger charge is 2.07. The first-order valence-corrected chi connectivity index (χ1v) is 13.7. The molecule has 0 fully saturated rings. The number of ketones is 1. The Morgan fingerprint density at radius 3 is 2.64 bits per heavy atom.